The van der Waals surface area contributed by atoms with E-state index in [4.69, 9.17) is 4.74 Å². The van der Waals surface area contributed by atoms with Gasteiger partial charge < -0.3 is 15.2 Å². The number of unbranched alkanes of at least 4 members (excludes halogenated alkanes) is 2. The van der Waals surface area contributed by atoms with Gasteiger partial charge in [0.15, 0.2) is 0 Å². The van der Waals surface area contributed by atoms with Crippen molar-refractivity contribution in [1.82, 2.24) is 5.32 Å². The first kappa shape index (κ1) is 18.4. The number of ether oxygens (including phenoxy) is 1. The molecule has 1 unspecified atom stereocenters. The maximum absolute atomic E-state index is 11.7. The van der Waals surface area contributed by atoms with Crippen LogP contribution < -0.4 is 5.32 Å². The van der Waals surface area contributed by atoms with Gasteiger partial charge >= 0.3 is 5.97 Å². The summed E-state index contributed by atoms with van der Waals surface area (Å²) >= 11 is 0. The maximum atomic E-state index is 11.7. The highest BCUT2D eigenvalue weighted by Gasteiger charge is 2.36. The van der Waals surface area contributed by atoms with E-state index in [0.717, 1.165) is 19.3 Å². The van der Waals surface area contributed by atoms with Crippen LogP contribution in [0.15, 0.2) is 0 Å². The SMILES string of the molecule is CCCCCC(C)NCC1(O)CCC(C(=O)OCC)CC1. The molecule has 0 aliphatic heterocycles. The number of carbonyl (C=O) groups excluding carboxylic acids is 1. The smallest absolute Gasteiger partial charge is 0.308 e. The van der Waals surface area contributed by atoms with E-state index in [1.807, 2.05) is 6.92 Å². The molecule has 0 amide bonds. The quantitative estimate of drug-likeness (QED) is 0.507. The predicted octanol–water partition coefficient (Wildman–Crippen LogP) is 3.03. The second-order valence-electron chi connectivity index (χ2n) is 6.53. The Bertz CT molecular complexity index is 298. The molecular weight excluding hydrogens is 266 g/mol. The fraction of sp³-hybridized carbons (Fsp3) is 0.941. The van der Waals surface area contributed by atoms with E-state index in [1.54, 1.807) is 0 Å². The zero-order valence-electron chi connectivity index (χ0n) is 14.0. The van der Waals surface area contributed by atoms with Gasteiger partial charge in [-0.2, -0.15) is 0 Å². The van der Waals surface area contributed by atoms with E-state index >= 15 is 0 Å². The number of esters is 1. The lowest BCUT2D eigenvalue weighted by Gasteiger charge is -2.36. The van der Waals surface area contributed by atoms with Crippen LogP contribution in [0.4, 0.5) is 0 Å². The highest BCUT2D eigenvalue weighted by Crippen LogP contribution is 2.32. The van der Waals surface area contributed by atoms with Gasteiger partial charge in [-0.1, -0.05) is 26.2 Å². The van der Waals surface area contributed by atoms with Gasteiger partial charge in [0, 0.05) is 12.6 Å². The second-order valence-corrected chi connectivity index (χ2v) is 6.53. The molecule has 21 heavy (non-hydrogen) atoms. The monoisotopic (exact) mass is 299 g/mol. The van der Waals surface area contributed by atoms with E-state index in [2.05, 4.69) is 19.2 Å². The molecule has 0 heterocycles. The maximum Gasteiger partial charge on any atom is 0.308 e. The first-order valence-corrected chi connectivity index (χ1v) is 8.63. The Morgan fingerprint density at radius 3 is 2.57 bits per heavy atom. The van der Waals surface area contributed by atoms with Gasteiger partial charge in [0.25, 0.3) is 0 Å². The molecule has 0 spiro atoms. The van der Waals surface area contributed by atoms with Gasteiger partial charge in [0.05, 0.1) is 18.1 Å². The molecule has 0 aromatic carbocycles. The Kier molecular flexibility index (Phi) is 8.27. The van der Waals surface area contributed by atoms with Crippen molar-refractivity contribution in [3.05, 3.63) is 0 Å². The van der Waals surface area contributed by atoms with Crippen LogP contribution in [0.1, 0.15) is 72.1 Å². The summed E-state index contributed by atoms with van der Waals surface area (Å²) in [5.41, 5.74) is -0.651. The van der Waals surface area contributed by atoms with Crippen molar-refractivity contribution < 1.29 is 14.6 Å². The third kappa shape index (κ3) is 6.79. The highest BCUT2D eigenvalue weighted by molar-refractivity contribution is 5.72. The van der Waals surface area contributed by atoms with E-state index in [9.17, 15) is 9.90 Å². The van der Waals surface area contributed by atoms with Crippen molar-refractivity contribution in [3.63, 3.8) is 0 Å². The van der Waals surface area contributed by atoms with Crippen LogP contribution in [0.5, 0.6) is 0 Å². The molecule has 1 aliphatic rings. The molecule has 4 heteroatoms. The predicted molar refractivity (Wildman–Crippen MR) is 85.1 cm³/mol. The molecule has 0 bridgehead atoms. The van der Waals surface area contributed by atoms with Gasteiger partial charge in [-0.25, -0.2) is 0 Å². The minimum Gasteiger partial charge on any atom is -0.466 e. The molecule has 0 aromatic rings. The van der Waals surface area contributed by atoms with Gasteiger partial charge in [0.2, 0.25) is 0 Å². The van der Waals surface area contributed by atoms with E-state index in [0.29, 0.717) is 32.0 Å². The van der Waals surface area contributed by atoms with Crippen LogP contribution in [-0.2, 0) is 9.53 Å². The van der Waals surface area contributed by atoms with E-state index in [1.165, 1.54) is 19.3 Å². The minimum absolute atomic E-state index is 0.0211. The Hall–Kier alpha value is -0.610. The van der Waals surface area contributed by atoms with Crippen molar-refractivity contribution in [2.75, 3.05) is 13.2 Å². The molecule has 0 saturated heterocycles. The third-order valence-corrected chi connectivity index (χ3v) is 4.56. The number of nitrogens with one attached hydrogen (secondary N) is 1. The number of hydrogen-bond acceptors (Lipinski definition) is 4. The average molecular weight is 299 g/mol. The Labute approximate surface area is 129 Å². The highest BCUT2D eigenvalue weighted by atomic mass is 16.5. The normalized spacial score (nSPS) is 27.3. The summed E-state index contributed by atoms with van der Waals surface area (Å²) in [7, 11) is 0. The molecule has 1 aliphatic carbocycles. The zero-order valence-corrected chi connectivity index (χ0v) is 14.0. The van der Waals surface area contributed by atoms with Gasteiger partial charge in [-0.15, -0.1) is 0 Å². The molecule has 1 rings (SSSR count). The van der Waals surface area contributed by atoms with Gasteiger partial charge in [-0.3, -0.25) is 4.79 Å². The molecule has 2 N–H and O–H groups in total. The minimum atomic E-state index is -0.651. The lowest BCUT2D eigenvalue weighted by Crippen LogP contribution is -2.46. The topological polar surface area (TPSA) is 58.6 Å². The summed E-state index contributed by atoms with van der Waals surface area (Å²) in [6, 6.07) is 0.448. The summed E-state index contributed by atoms with van der Waals surface area (Å²) in [5, 5.41) is 14.1. The molecule has 1 fully saturated rings. The third-order valence-electron chi connectivity index (χ3n) is 4.56. The van der Waals surface area contributed by atoms with Crippen molar-refractivity contribution in [3.8, 4) is 0 Å². The zero-order chi connectivity index (χ0) is 15.7. The fourth-order valence-corrected chi connectivity index (χ4v) is 2.99. The Morgan fingerprint density at radius 2 is 2.00 bits per heavy atom. The number of rotatable bonds is 9. The van der Waals surface area contributed by atoms with Crippen LogP contribution in [-0.4, -0.2) is 35.9 Å². The summed E-state index contributed by atoms with van der Waals surface area (Å²) in [6.07, 6.45) is 7.77. The standard InChI is InChI=1S/C17H33NO3/c1-4-6-7-8-14(3)18-13-17(20)11-9-15(10-12-17)16(19)21-5-2/h14-15,18,20H,4-13H2,1-3H3. The largest absolute Gasteiger partial charge is 0.466 e. The summed E-state index contributed by atoms with van der Waals surface area (Å²) < 4.78 is 5.07. The van der Waals surface area contributed by atoms with Gasteiger partial charge in [-0.05, 0) is 46.0 Å². The lowest BCUT2D eigenvalue weighted by molar-refractivity contribution is -0.151. The first-order chi connectivity index (χ1) is 10.0. The van der Waals surface area contributed by atoms with Crippen LogP contribution in [0.25, 0.3) is 0 Å². The average Bonchev–Trinajstić information content (AvgIpc) is 2.46. The van der Waals surface area contributed by atoms with Crippen molar-refractivity contribution in [2.24, 2.45) is 5.92 Å². The lowest BCUT2D eigenvalue weighted by atomic mass is 9.78. The van der Waals surface area contributed by atoms with Crippen molar-refractivity contribution in [2.45, 2.75) is 83.8 Å². The van der Waals surface area contributed by atoms with Crippen molar-refractivity contribution in [1.29, 1.82) is 0 Å². The number of aliphatic hydroxyl groups is 1. The summed E-state index contributed by atoms with van der Waals surface area (Å²) in [6.45, 7) is 7.30. The molecular formula is C17H33NO3. The van der Waals surface area contributed by atoms with Crippen LogP contribution >= 0.6 is 0 Å². The summed E-state index contributed by atoms with van der Waals surface area (Å²) in [4.78, 5) is 11.7. The van der Waals surface area contributed by atoms with E-state index < -0.39 is 5.60 Å². The molecule has 124 valence electrons. The van der Waals surface area contributed by atoms with Gasteiger partial charge in [0.1, 0.15) is 0 Å². The first-order valence-electron chi connectivity index (χ1n) is 8.63. The molecule has 0 aromatic heterocycles. The van der Waals surface area contributed by atoms with Crippen LogP contribution in [0.2, 0.25) is 0 Å². The van der Waals surface area contributed by atoms with E-state index in [-0.39, 0.29) is 11.9 Å². The van der Waals surface area contributed by atoms with Crippen LogP contribution in [0, 0.1) is 5.92 Å². The number of carbonyl (C=O) groups is 1. The number of hydrogen-bond donors (Lipinski definition) is 2. The molecule has 0 radical (unpaired) electrons. The second kappa shape index (κ2) is 9.42. The Morgan fingerprint density at radius 1 is 1.33 bits per heavy atom. The Balaban J connectivity index is 2.25. The molecule has 4 nitrogen and oxygen atoms in total. The molecule has 1 atom stereocenters. The van der Waals surface area contributed by atoms with Crippen LogP contribution in [0.3, 0.4) is 0 Å². The fourth-order valence-electron chi connectivity index (χ4n) is 2.99. The van der Waals surface area contributed by atoms with Crippen molar-refractivity contribution >= 4 is 5.97 Å². The summed E-state index contributed by atoms with van der Waals surface area (Å²) in [5.74, 6) is -0.118. The molecule has 1 saturated carbocycles.